The molecule has 1 N–H and O–H groups in total. The number of ether oxygens (including phenoxy) is 1. The third-order valence-corrected chi connectivity index (χ3v) is 5.49. The molecule has 3 unspecified atom stereocenters. The second kappa shape index (κ2) is 8.00. The van der Waals surface area contributed by atoms with E-state index in [0.717, 1.165) is 25.7 Å². The lowest BCUT2D eigenvalue weighted by Gasteiger charge is -2.25. The zero-order chi connectivity index (χ0) is 17.8. The first kappa shape index (κ1) is 17.2. The van der Waals surface area contributed by atoms with Gasteiger partial charge < -0.3 is 10.1 Å². The first-order valence-corrected chi connectivity index (χ1v) is 9.70. The molecule has 136 valence electrons. The molecule has 0 saturated heterocycles. The van der Waals surface area contributed by atoms with Crippen LogP contribution in [0.4, 0.5) is 0 Å². The number of benzene rings is 1. The molecule has 2 aromatic rings. The van der Waals surface area contributed by atoms with Crippen molar-refractivity contribution in [3.63, 3.8) is 0 Å². The van der Waals surface area contributed by atoms with E-state index in [4.69, 9.17) is 4.74 Å². The van der Waals surface area contributed by atoms with Crippen molar-refractivity contribution in [2.45, 2.75) is 44.1 Å². The minimum atomic E-state index is 0.116. The molecule has 4 heteroatoms. The van der Waals surface area contributed by atoms with Gasteiger partial charge in [0.15, 0.2) is 0 Å². The third kappa shape index (κ3) is 3.96. The third-order valence-electron chi connectivity index (χ3n) is 5.49. The van der Waals surface area contributed by atoms with Crippen LogP contribution in [0.5, 0.6) is 0 Å². The van der Waals surface area contributed by atoms with E-state index in [2.05, 4.69) is 40.6 Å². The fraction of sp³-hybridized carbons (Fsp3) is 0.455. The Morgan fingerprint density at radius 3 is 3.04 bits per heavy atom. The minimum absolute atomic E-state index is 0.116. The molecule has 4 rings (SSSR count). The topological polar surface area (TPSA) is 51.2 Å². The van der Waals surface area contributed by atoms with E-state index < -0.39 is 0 Å². The maximum Gasteiger partial charge on any atom is 0.223 e. The Labute approximate surface area is 155 Å². The van der Waals surface area contributed by atoms with Crippen LogP contribution in [0.1, 0.15) is 54.4 Å². The number of pyridine rings is 1. The number of hydrogen-bond acceptors (Lipinski definition) is 3. The lowest BCUT2D eigenvalue weighted by molar-refractivity contribution is -0.122. The van der Waals surface area contributed by atoms with Crippen LogP contribution in [0.25, 0.3) is 0 Å². The van der Waals surface area contributed by atoms with Crippen LogP contribution in [-0.4, -0.2) is 24.0 Å². The van der Waals surface area contributed by atoms with Crippen molar-refractivity contribution in [1.82, 2.24) is 10.3 Å². The number of carbonyl (C=O) groups excluding carboxylic acids is 1. The summed E-state index contributed by atoms with van der Waals surface area (Å²) in [5.41, 5.74) is 3.94. The predicted molar refractivity (Wildman–Crippen MR) is 101 cm³/mol. The summed E-state index contributed by atoms with van der Waals surface area (Å²) in [7, 11) is 0. The van der Waals surface area contributed by atoms with Crippen molar-refractivity contribution in [3.05, 3.63) is 65.5 Å². The van der Waals surface area contributed by atoms with Crippen LogP contribution in [0.2, 0.25) is 0 Å². The van der Waals surface area contributed by atoms with Gasteiger partial charge in [0.1, 0.15) is 0 Å². The summed E-state index contributed by atoms with van der Waals surface area (Å²) in [5, 5.41) is 3.06. The SMILES string of the molecule is O=C(NCCCOC1CCCc2ccccc21)C1CC1c1cccnc1. The smallest absolute Gasteiger partial charge is 0.223 e. The second-order valence-electron chi connectivity index (χ2n) is 7.33. The van der Waals surface area contributed by atoms with Crippen LogP contribution < -0.4 is 5.32 Å². The summed E-state index contributed by atoms with van der Waals surface area (Å²) in [6.07, 6.45) is 9.09. The number of nitrogens with zero attached hydrogens (tertiary/aromatic N) is 1. The first-order valence-electron chi connectivity index (χ1n) is 9.70. The maximum atomic E-state index is 12.2. The van der Waals surface area contributed by atoms with Crippen molar-refractivity contribution in [1.29, 1.82) is 0 Å². The molecule has 1 saturated carbocycles. The highest BCUT2D eigenvalue weighted by Crippen LogP contribution is 2.47. The molecule has 0 radical (unpaired) electrons. The van der Waals surface area contributed by atoms with Crippen LogP contribution in [0, 0.1) is 5.92 Å². The zero-order valence-electron chi connectivity index (χ0n) is 15.1. The highest BCUT2D eigenvalue weighted by molar-refractivity contribution is 5.82. The maximum absolute atomic E-state index is 12.2. The molecule has 1 heterocycles. The van der Waals surface area contributed by atoms with Gasteiger partial charge >= 0.3 is 0 Å². The molecule has 2 aliphatic rings. The number of carbonyl (C=O) groups is 1. The summed E-state index contributed by atoms with van der Waals surface area (Å²) in [6, 6.07) is 12.6. The van der Waals surface area contributed by atoms with Gasteiger partial charge in [0, 0.05) is 31.5 Å². The number of aromatic nitrogens is 1. The van der Waals surface area contributed by atoms with Crippen molar-refractivity contribution >= 4 is 5.91 Å². The van der Waals surface area contributed by atoms with Crippen LogP contribution in [0.15, 0.2) is 48.8 Å². The normalized spacial score (nSPS) is 23.9. The van der Waals surface area contributed by atoms with E-state index in [9.17, 15) is 4.79 Å². The van der Waals surface area contributed by atoms with E-state index in [0.29, 0.717) is 19.1 Å². The van der Waals surface area contributed by atoms with E-state index >= 15 is 0 Å². The van der Waals surface area contributed by atoms with Crippen LogP contribution in [0.3, 0.4) is 0 Å². The lowest BCUT2D eigenvalue weighted by Crippen LogP contribution is -2.27. The van der Waals surface area contributed by atoms with E-state index in [-0.39, 0.29) is 17.9 Å². The van der Waals surface area contributed by atoms with Crippen molar-refractivity contribution in [3.8, 4) is 0 Å². The molecule has 0 spiro atoms. The van der Waals surface area contributed by atoms with Gasteiger partial charge in [-0.3, -0.25) is 9.78 Å². The molecule has 1 amide bonds. The number of aryl methyl sites for hydroxylation is 1. The van der Waals surface area contributed by atoms with Gasteiger partial charge in [0.05, 0.1) is 6.10 Å². The molecule has 1 aromatic heterocycles. The second-order valence-corrected chi connectivity index (χ2v) is 7.33. The highest BCUT2D eigenvalue weighted by atomic mass is 16.5. The molecule has 0 bridgehead atoms. The van der Waals surface area contributed by atoms with Gasteiger partial charge in [0.25, 0.3) is 0 Å². The van der Waals surface area contributed by atoms with E-state index in [1.54, 1.807) is 6.20 Å². The number of fused-ring (bicyclic) bond motifs is 1. The average Bonchev–Trinajstić information content (AvgIpc) is 3.49. The van der Waals surface area contributed by atoms with E-state index in [1.165, 1.54) is 23.1 Å². The Morgan fingerprint density at radius 2 is 2.15 bits per heavy atom. The monoisotopic (exact) mass is 350 g/mol. The summed E-state index contributed by atoms with van der Waals surface area (Å²) in [4.78, 5) is 16.4. The number of nitrogens with one attached hydrogen (secondary N) is 1. The summed E-state index contributed by atoms with van der Waals surface area (Å²) >= 11 is 0. The Morgan fingerprint density at radius 1 is 1.23 bits per heavy atom. The molecular weight excluding hydrogens is 324 g/mol. The predicted octanol–water partition coefficient (Wildman–Crippen LogP) is 3.79. The standard InChI is InChI=1S/C22H26N2O2/c25-22(20-14-19(20)17-8-4-11-23-15-17)24-12-5-13-26-21-10-3-7-16-6-1-2-9-18(16)21/h1-2,4,6,8-9,11,15,19-21H,3,5,7,10,12-14H2,(H,24,25). The highest BCUT2D eigenvalue weighted by Gasteiger charge is 2.43. The summed E-state index contributed by atoms with van der Waals surface area (Å²) in [6.45, 7) is 1.37. The van der Waals surface area contributed by atoms with Crippen LogP contribution >= 0.6 is 0 Å². The van der Waals surface area contributed by atoms with Gasteiger partial charge in [0.2, 0.25) is 5.91 Å². The van der Waals surface area contributed by atoms with Crippen molar-refractivity contribution in [2.24, 2.45) is 5.92 Å². The van der Waals surface area contributed by atoms with E-state index in [1.807, 2.05) is 12.3 Å². The Kier molecular flexibility index (Phi) is 5.30. The van der Waals surface area contributed by atoms with Crippen molar-refractivity contribution < 1.29 is 9.53 Å². The molecule has 2 aliphatic carbocycles. The van der Waals surface area contributed by atoms with Crippen LogP contribution in [-0.2, 0) is 16.0 Å². The Hall–Kier alpha value is -2.20. The van der Waals surface area contributed by atoms with Gasteiger partial charge in [-0.1, -0.05) is 30.3 Å². The first-order chi connectivity index (χ1) is 12.8. The summed E-state index contributed by atoms with van der Waals surface area (Å²) < 4.78 is 6.10. The largest absolute Gasteiger partial charge is 0.373 e. The van der Waals surface area contributed by atoms with Gasteiger partial charge in [-0.05, 0) is 60.8 Å². The van der Waals surface area contributed by atoms with Crippen molar-refractivity contribution in [2.75, 3.05) is 13.2 Å². The number of amides is 1. The molecule has 1 aromatic carbocycles. The Bertz CT molecular complexity index is 747. The molecule has 0 aliphatic heterocycles. The summed E-state index contributed by atoms with van der Waals surface area (Å²) in [5.74, 6) is 0.630. The minimum Gasteiger partial charge on any atom is -0.373 e. The number of rotatable bonds is 7. The lowest BCUT2D eigenvalue weighted by atomic mass is 9.89. The van der Waals surface area contributed by atoms with Gasteiger partial charge in [-0.15, -0.1) is 0 Å². The number of hydrogen-bond donors (Lipinski definition) is 1. The van der Waals surface area contributed by atoms with Gasteiger partial charge in [-0.2, -0.15) is 0 Å². The molecule has 1 fully saturated rings. The molecular formula is C22H26N2O2. The molecule has 3 atom stereocenters. The molecule has 26 heavy (non-hydrogen) atoms. The fourth-order valence-corrected chi connectivity index (χ4v) is 3.97. The Balaban J connectivity index is 1.16. The fourth-order valence-electron chi connectivity index (χ4n) is 3.97. The quantitative estimate of drug-likeness (QED) is 0.773. The van der Waals surface area contributed by atoms with Gasteiger partial charge in [-0.25, -0.2) is 0 Å². The average molecular weight is 350 g/mol. The molecule has 4 nitrogen and oxygen atoms in total. The zero-order valence-corrected chi connectivity index (χ0v) is 15.1.